The van der Waals surface area contributed by atoms with Crippen LogP contribution in [0.25, 0.3) is 0 Å². The van der Waals surface area contributed by atoms with Crippen molar-refractivity contribution in [3.8, 4) is 5.88 Å². The Kier molecular flexibility index (Phi) is 9.18. The highest BCUT2D eigenvalue weighted by atomic mass is 127. The molecule has 0 aliphatic carbocycles. The van der Waals surface area contributed by atoms with Crippen LogP contribution in [-0.4, -0.2) is 36.5 Å². The molecule has 0 saturated heterocycles. The van der Waals surface area contributed by atoms with Crippen molar-refractivity contribution in [1.82, 2.24) is 15.2 Å². The molecule has 0 spiro atoms. The smallest absolute Gasteiger partial charge is 0.213 e. The summed E-state index contributed by atoms with van der Waals surface area (Å²) in [6.07, 6.45) is 0. The van der Waals surface area contributed by atoms with Crippen molar-refractivity contribution in [2.24, 2.45) is 4.99 Å². The fraction of sp³-hybridized carbons (Fsp3) is 0.333. The van der Waals surface area contributed by atoms with E-state index in [-0.39, 0.29) is 29.8 Å². The molecule has 7 heteroatoms. The first-order valence-corrected chi connectivity index (χ1v) is 7.86. The van der Waals surface area contributed by atoms with Crippen molar-refractivity contribution in [3.63, 3.8) is 0 Å². The zero-order valence-electron chi connectivity index (χ0n) is 14.7. The van der Waals surface area contributed by atoms with Gasteiger partial charge in [-0.05, 0) is 30.7 Å². The van der Waals surface area contributed by atoms with Gasteiger partial charge in [0.1, 0.15) is 5.82 Å². The molecule has 2 rings (SSSR count). The third-order valence-corrected chi connectivity index (χ3v) is 3.39. The monoisotopic (exact) mass is 458 g/mol. The molecule has 0 aliphatic rings. The minimum Gasteiger partial charge on any atom is -0.481 e. The molecule has 0 atom stereocenters. The van der Waals surface area contributed by atoms with Gasteiger partial charge < -0.3 is 15.0 Å². The zero-order valence-corrected chi connectivity index (χ0v) is 17.0. The van der Waals surface area contributed by atoms with Gasteiger partial charge in [0.05, 0.1) is 19.3 Å². The lowest BCUT2D eigenvalue weighted by molar-refractivity contribution is 0.396. The average Bonchev–Trinajstić information content (AvgIpc) is 2.58. The molecule has 25 heavy (non-hydrogen) atoms. The van der Waals surface area contributed by atoms with Crippen molar-refractivity contribution in [2.75, 3.05) is 20.7 Å². The van der Waals surface area contributed by atoms with E-state index in [2.05, 4.69) is 15.3 Å². The van der Waals surface area contributed by atoms with Crippen molar-refractivity contribution < 1.29 is 9.13 Å². The summed E-state index contributed by atoms with van der Waals surface area (Å²) in [5, 5.41) is 3.24. The number of methoxy groups -OCH3 is 1. The first-order valence-electron chi connectivity index (χ1n) is 7.86. The standard InChI is InChI=1S/C18H23FN4O.HI/c1-4-20-18(21-12-16-9-6-10-17(22-16)24-3)23(2)13-14-7-5-8-15(19)11-14;/h5-11H,4,12-13H2,1-3H3,(H,20,21);1H. The average molecular weight is 458 g/mol. The lowest BCUT2D eigenvalue weighted by atomic mass is 10.2. The molecular weight excluding hydrogens is 434 g/mol. The van der Waals surface area contributed by atoms with Crippen LogP contribution < -0.4 is 10.1 Å². The summed E-state index contributed by atoms with van der Waals surface area (Å²) in [5.41, 5.74) is 1.71. The molecule has 0 unspecified atom stereocenters. The SMILES string of the molecule is CCNC(=NCc1cccc(OC)n1)N(C)Cc1cccc(F)c1.I. The second-order valence-corrected chi connectivity index (χ2v) is 5.33. The molecule has 0 fully saturated rings. The van der Waals surface area contributed by atoms with Gasteiger partial charge in [0.2, 0.25) is 5.88 Å². The topological polar surface area (TPSA) is 49.8 Å². The molecule has 2 aromatic rings. The molecule has 1 aromatic carbocycles. The van der Waals surface area contributed by atoms with Gasteiger partial charge in [-0.1, -0.05) is 18.2 Å². The summed E-state index contributed by atoms with van der Waals surface area (Å²) in [7, 11) is 3.51. The van der Waals surface area contributed by atoms with E-state index in [4.69, 9.17) is 4.74 Å². The maximum atomic E-state index is 13.3. The van der Waals surface area contributed by atoms with E-state index in [0.717, 1.165) is 23.8 Å². The van der Waals surface area contributed by atoms with Crippen LogP contribution in [-0.2, 0) is 13.1 Å². The lowest BCUT2D eigenvalue weighted by Gasteiger charge is -2.22. The highest BCUT2D eigenvalue weighted by Crippen LogP contribution is 2.09. The Bertz CT molecular complexity index is 696. The number of aliphatic imine (C=N–C) groups is 1. The highest BCUT2D eigenvalue weighted by Gasteiger charge is 2.07. The number of rotatable bonds is 6. The Morgan fingerprint density at radius 3 is 2.72 bits per heavy atom. The molecule has 0 radical (unpaired) electrons. The summed E-state index contributed by atoms with van der Waals surface area (Å²) >= 11 is 0. The van der Waals surface area contributed by atoms with Crippen molar-refractivity contribution >= 4 is 29.9 Å². The Hall–Kier alpha value is -1.90. The highest BCUT2D eigenvalue weighted by molar-refractivity contribution is 14.0. The van der Waals surface area contributed by atoms with Crippen molar-refractivity contribution in [1.29, 1.82) is 0 Å². The predicted octanol–water partition coefficient (Wildman–Crippen LogP) is 3.44. The number of pyridine rings is 1. The Balaban J connectivity index is 0.00000312. The summed E-state index contributed by atoms with van der Waals surface area (Å²) in [6, 6.07) is 12.2. The van der Waals surface area contributed by atoms with Crippen LogP contribution in [0.2, 0.25) is 0 Å². The zero-order chi connectivity index (χ0) is 17.4. The van der Waals surface area contributed by atoms with Crippen LogP contribution in [0.15, 0.2) is 47.5 Å². The normalized spacial score (nSPS) is 10.8. The van der Waals surface area contributed by atoms with Gasteiger partial charge in [-0.2, -0.15) is 0 Å². The van der Waals surface area contributed by atoms with E-state index in [9.17, 15) is 4.39 Å². The second kappa shape index (κ2) is 10.9. The number of nitrogens with zero attached hydrogens (tertiary/aromatic N) is 3. The fourth-order valence-electron chi connectivity index (χ4n) is 2.27. The Morgan fingerprint density at radius 1 is 1.28 bits per heavy atom. The van der Waals surface area contributed by atoms with E-state index in [1.54, 1.807) is 19.2 Å². The van der Waals surface area contributed by atoms with Crippen LogP contribution in [0.5, 0.6) is 5.88 Å². The number of guanidine groups is 1. The van der Waals surface area contributed by atoms with Gasteiger partial charge in [0, 0.05) is 26.2 Å². The van der Waals surface area contributed by atoms with Gasteiger partial charge in [-0.25, -0.2) is 14.4 Å². The molecule has 0 amide bonds. The van der Waals surface area contributed by atoms with Gasteiger partial charge in [-0.3, -0.25) is 0 Å². The molecule has 0 bridgehead atoms. The number of ether oxygens (including phenoxy) is 1. The molecule has 0 aliphatic heterocycles. The number of halogens is 2. The van der Waals surface area contributed by atoms with Crippen molar-refractivity contribution in [2.45, 2.75) is 20.0 Å². The number of hydrogen-bond acceptors (Lipinski definition) is 3. The quantitative estimate of drug-likeness (QED) is 0.410. The van der Waals surface area contributed by atoms with Crippen LogP contribution in [0.3, 0.4) is 0 Å². The molecule has 1 heterocycles. The summed E-state index contributed by atoms with van der Waals surface area (Å²) in [5.74, 6) is 1.08. The molecule has 5 nitrogen and oxygen atoms in total. The number of aromatic nitrogens is 1. The van der Waals surface area contributed by atoms with E-state index in [1.165, 1.54) is 12.1 Å². The van der Waals surface area contributed by atoms with Gasteiger partial charge >= 0.3 is 0 Å². The molecule has 1 N–H and O–H groups in total. The van der Waals surface area contributed by atoms with Gasteiger partial charge in [0.15, 0.2) is 5.96 Å². The molecule has 1 aromatic heterocycles. The number of hydrogen-bond donors (Lipinski definition) is 1. The molecular formula is C18H24FIN4O. The van der Waals surface area contributed by atoms with Crippen LogP contribution in [0, 0.1) is 5.82 Å². The van der Waals surface area contributed by atoms with E-state index in [1.807, 2.05) is 37.1 Å². The maximum Gasteiger partial charge on any atom is 0.213 e. The third-order valence-electron chi connectivity index (χ3n) is 3.39. The molecule has 136 valence electrons. The summed E-state index contributed by atoms with van der Waals surface area (Å²) in [4.78, 5) is 10.9. The second-order valence-electron chi connectivity index (χ2n) is 5.33. The van der Waals surface area contributed by atoms with E-state index in [0.29, 0.717) is 19.0 Å². The van der Waals surface area contributed by atoms with Gasteiger partial charge in [-0.15, -0.1) is 24.0 Å². The minimum atomic E-state index is -0.233. The first kappa shape index (κ1) is 21.1. The predicted molar refractivity (Wildman–Crippen MR) is 109 cm³/mol. The van der Waals surface area contributed by atoms with Gasteiger partial charge in [0.25, 0.3) is 0 Å². The van der Waals surface area contributed by atoms with E-state index >= 15 is 0 Å². The minimum absolute atomic E-state index is 0. The van der Waals surface area contributed by atoms with Crippen molar-refractivity contribution in [3.05, 3.63) is 59.5 Å². The fourth-order valence-corrected chi connectivity index (χ4v) is 2.27. The Labute approximate surface area is 165 Å². The number of nitrogens with one attached hydrogen (secondary N) is 1. The van der Waals surface area contributed by atoms with E-state index < -0.39 is 0 Å². The maximum absolute atomic E-state index is 13.3. The first-order chi connectivity index (χ1) is 11.6. The van der Waals surface area contributed by atoms with Crippen LogP contribution in [0.1, 0.15) is 18.2 Å². The third kappa shape index (κ3) is 6.85. The van der Waals surface area contributed by atoms with Crippen LogP contribution >= 0.6 is 24.0 Å². The largest absolute Gasteiger partial charge is 0.481 e. The molecule has 0 saturated carbocycles. The summed E-state index contributed by atoms with van der Waals surface area (Å²) < 4.78 is 18.4. The lowest BCUT2D eigenvalue weighted by Crippen LogP contribution is -2.38. The summed E-state index contributed by atoms with van der Waals surface area (Å²) in [6.45, 7) is 3.76. The van der Waals surface area contributed by atoms with Crippen LogP contribution in [0.4, 0.5) is 4.39 Å². The number of benzene rings is 1. The Morgan fingerprint density at radius 2 is 2.04 bits per heavy atom.